The summed E-state index contributed by atoms with van der Waals surface area (Å²) in [5, 5.41) is 29.1. The Bertz CT molecular complexity index is 394. The van der Waals surface area contributed by atoms with E-state index in [4.69, 9.17) is 9.84 Å². The molecule has 9 heteroatoms. The van der Waals surface area contributed by atoms with E-state index in [9.17, 15) is 9.90 Å². The Morgan fingerprint density at radius 3 is 2.85 bits per heavy atom. The topological polar surface area (TPSA) is 107 Å². The van der Waals surface area contributed by atoms with Crippen molar-refractivity contribution in [3.05, 3.63) is 0 Å². The molecule has 0 aliphatic carbocycles. The highest BCUT2D eigenvalue weighted by atomic mass is 127. The van der Waals surface area contributed by atoms with E-state index < -0.39 is 38.8 Å². The van der Waals surface area contributed by atoms with Gasteiger partial charge in [0.1, 0.15) is 15.3 Å². The summed E-state index contributed by atoms with van der Waals surface area (Å²) in [5.41, 5.74) is -0.534. The predicted octanol–water partition coefficient (Wildman–Crippen LogP) is 0.953. The van der Waals surface area contributed by atoms with Crippen LogP contribution in [0.25, 0.3) is 0 Å². The largest absolute Gasteiger partial charge is 0.444 e. The number of amides is 1. The zero-order valence-electron chi connectivity index (χ0n) is 11.8. The van der Waals surface area contributed by atoms with Crippen LogP contribution < -0.4 is 5.32 Å². The van der Waals surface area contributed by atoms with Crippen LogP contribution in [0.3, 0.4) is 0 Å². The van der Waals surface area contributed by atoms with Crippen LogP contribution in [-0.2, 0) is 4.74 Å². The van der Waals surface area contributed by atoms with Gasteiger partial charge in [-0.3, -0.25) is 0 Å². The summed E-state index contributed by atoms with van der Waals surface area (Å²) in [5.74, 6) is 0. The van der Waals surface area contributed by atoms with Gasteiger partial charge in [0.2, 0.25) is 0 Å². The number of carbonyl (C=O) groups is 1. The van der Waals surface area contributed by atoms with Crippen LogP contribution in [0.4, 0.5) is 4.79 Å². The third-order valence-electron chi connectivity index (χ3n) is 2.07. The third-order valence-corrected chi connectivity index (χ3v) is 4.73. The van der Waals surface area contributed by atoms with Gasteiger partial charge < -0.3 is 20.3 Å². The molecule has 1 aliphatic rings. The summed E-state index contributed by atoms with van der Waals surface area (Å²) in [4.78, 5) is 11.4. The SMILES string of the molecule is CC(C)(C)OC(=O)NCCC(O)C1=IN(CCO)N=N1. The molecule has 0 spiro atoms. The Labute approximate surface area is 128 Å². The molecule has 0 aromatic rings. The molecule has 0 aromatic heterocycles. The van der Waals surface area contributed by atoms with Crippen molar-refractivity contribution in [2.45, 2.75) is 38.9 Å². The van der Waals surface area contributed by atoms with E-state index in [0.29, 0.717) is 23.1 Å². The lowest BCUT2D eigenvalue weighted by molar-refractivity contribution is 0.0523. The zero-order chi connectivity index (χ0) is 15.2. The first-order valence-corrected chi connectivity index (χ1v) is 8.33. The number of ether oxygens (including phenoxy) is 1. The second-order valence-corrected chi connectivity index (χ2v) is 7.82. The van der Waals surface area contributed by atoms with Gasteiger partial charge in [0.05, 0.1) is 13.2 Å². The summed E-state index contributed by atoms with van der Waals surface area (Å²) in [7, 11) is 0. The van der Waals surface area contributed by atoms with Crippen molar-refractivity contribution in [2.75, 3.05) is 19.7 Å². The standard InChI is InChI=1S/C11H21IN4O4/c1-11(2,3)20-10(19)13-5-4-8(18)9-12-16(6-7-17)15-14-9/h8,17-18H,4-7H2,1-3H3,(H,13,19). The predicted molar refractivity (Wildman–Crippen MR) is 82.5 cm³/mol. The van der Waals surface area contributed by atoms with E-state index in [1.54, 1.807) is 24.0 Å². The molecule has 8 nitrogen and oxygen atoms in total. The molecular formula is C11H21IN4O4. The average molecular weight is 400 g/mol. The average Bonchev–Trinajstić information content (AvgIpc) is 2.75. The molecule has 0 saturated heterocycles. The Hall–Kier alpha value is -0.810. The van der Waals surface area contributed by atoms with Gasteiger partial charge in [0.25, 0.3) is 0 Å². The van der Waals surface area contributed by atoms with Crippen molar-refractivity contribution >= 4 is 30.7 Å². The molecule has 1 aliphatic heterocycles. The monoisotopic (exact) mass is 400 g/mol. The normalized spacial score (nSPS) is 16.4. The van der Waals surface area contributed by atoms with E-state index in [-0.39, 0.29) is 6.61 Å². The van der Waals surface area contributed by atoms with E-state index in [0.717, 1.165) is 0 Å². The number of aliphatic hydroxyl groups is 2. The number of aliphatic hydroxyl groups excluding tert-OH is 2. The lowest BCUT2D eigenvalue weighted by Gasteiger charge is -2.19. The van der Waals surface area contributed by atoms with Crippen molar-refractivity contribution < 1.29 is 19.7 Å². The van der Waals surface area contributed by atoms with Gasteiger partial charge in [0, 0.05) is 27.5 Å². The fourth-order valence-corrected chi connectivity index (χ4v) is 3.31. The molecule has 116 valence electrons. The highest BCUT2D eigenvalue weighted by molar-refractivity contribution is 14.2. The molecule has 0 bridgehead atoms. The summed E-state index contributed by atoms with van der Waals surface area (Å²) in [6.45, 7) is 6.12. The number of nitrogens with one attached hydrogen (secondary N) is 1. The number of alkyl carbamates (subject to hydrolysis) is 1. The molecule has 0 aromatic carbocycles. The van der Waals surface area contributed by atoms with Crippen LogP contribution in [-0.4, -0.2) is 54.6 Å². The first kappa shape index (κ1) is 17.2. The Morgan fingerprint density at radius 1 is 1.55 bits per heavy atom. The van der Waals surface area contributed by atoms with Crippen LogP contribution in [0.2, 0.25) is 0 Å². The Morgan fingerprint density at radius 2 is 2.25 bits per heavy atom. The molecule has 0 radical (unpaired) electrons. The second kappa shape index (κ2) is 7.84. The van der Waals surface area contributed by atoms with Gasteiger partial charge in [-0.15, -0.1) is 5.11 Å². The number of rotatable bonds is 6. The van der Waals surface area contributed by atoms with Crippen molar-refractivity contribution in [1.82, 2.24) is 8.54 Å². The minimum atomic E-state index is -0.717. The lowest BCUT2D eigenvalue weighted by atomic mass is 10.2. The third kappa shape index (κ3) is 6.57. The number of nitrogens with zero attached hydrogens (tertiary/aromatic N) is 3. The minimum Gasteiger partial charge on any atom is -0.444 e. The van der Waals surface area contributed by atoms with Crippen LogP contribution in [0.15, 0.2) is 10.3 Å². The zero-order valence-corrected chi connectivity index (χ0v) is 14.0. The van der Waals surface area contributed by atoms with Gasteiger partial charge in [-0.1, -0.05) is 5.22 Å². The fourth-order valence-electron chi connectivity index (χ4n) is 1.26. The molecule has 0 fully saturated rings. The summed E-state index contributed by atoms with van der Waals surface area (Å²) in [6.07, 6.45) is -0.857. The molecule has 0 saturated carbocycles. The molecule has 1 heterocycles. The van der Waals surface area contributed by atoms with E-state index in [1.807, 2.05) is 0 Å². The van der Waals surface area contributed by atoms with Crippen molar-refractivity contribution in [3.63, 3.8) is 0 Å². The van der Waals surface area contributed by atoms with Gasteiger partial charge in [-0.05, 0) is 27.2 Å². The number of β-amino-alcohol motifs (C(OH)–C–C–N with tert-alkyl or cyclic N) is 1. The fraction of sp³-hybridized carbons (Fsp3) is 0.818. The van der Waals surface area contributed by atoms with Crippen molar-refractivity contribution in [3.8, 4) is 0 Å². The minimum absolute atomic E-state index is 0.0162. The molecule has 1 atom stereocenters. The highest BCUT2D eigenvalue weighted by Crippen LogP contribution is 2.21. The van der Waals surface area contributed by atoms with Crippen molar-refractivity contribution in [2.24, 2.45) is 10.3 Å². The highest BCUT2D eigenvalue weighted by Gasteiger charge is 2.19. The van der Waals surface area contributed by atoms with Crippen LogP contribution in [0.5, 0.6) is 0 Å². The first-order chi connectivity index (χ1) is 9.31. The smallest absolute Gasteiger partial charge is 0.407 e. The maximum Gasteiger partial charge on any atom is 0.407 e. The molecule has 3 N–H and O–H groups in total. The number of hydrogen-bond acceptors (Lipinski definition) is 7. The van der Waals surface area contributed by atoms with Crippen LogP contribution in [0, 0.1) is 0 Å². The van der Waals surface area contributed by atoms with E-state index >= 15 is 0 Å². The molecular weight excluding hydrogens is 379 g/mol. The second-order valence-electron chi connectivity index (χ2n) is 5.11. The number of halogens is 1. The Kier molecular flexibility index (Phi) is 6.76. The maximum absolute atomic E-state index is 11.4. The number of hydrogen-bond donors (Lipinski definition) is 3. The molecule has 1 unspecified atom stereocenters. The van der Waals surface area contributed by atoms with Crippen LogP contribution >= 0.6 is 21.0 Å². The number of carbonyl (C=O) groups excluding carboxylic acids is 1. The van der Waals surface area contributed by atoms with Gasteiger partial charge in [-0.2, -0.15) is 0 Å². The van der Waals surface area contributed by atoms with E-state index in [1.165, 1.54) is 0 Å². The summed E-state index contributed by atoms with van der Waals surface area (Å²) >= 11 is -0.630. The van der Waals surface area contributed by atoms with Gasteiger partial charge in [0.15, 0.2) is 0 Å². The molecule has 20 heavy (non-hydrogen) atoms. The van der Waals surface area contributed by atoms with E-state index in [2.05, 4.69) is 15.7 Å². The van der Waals surface area contributed by atoms with Gasteiger partial charge >= 0.3 is 6.09 Å². The summed E-state index contributed by atoms with van der Waals surface area (Å²) < 4.78 is 7.41. The maximum atomic E-state index is 11.4. The Balaban J connectivity index is 2.27. The summed E-state index contributed by atoms with van der Waals surface area (Å²) in [6, 6.07) is 0. The molecule has 1 amide bonds. The molecule has 1 rings (SSSR count). The first-order valence-electron chi connectivity index (χ1n) is 6.29. The lowest BCUT2D eigenvalue weighted by Crippen LogP contribution is -2.34. The van der Waals surface area contributed by atoms with Gasteiger partial charge in [-0.25, -0.2) is 8.02 Å². The quantitative estimate of drug-likeness (QED) is 0.455. The van der Waals surface area contributed by atoms with Crippen molar-refractivity contribution in [1.29, 1.82) is 0 Å². The van der Waals surface area contributed by atoms with Crippen LogP contribution in [0.1, 0.15) is 27.2 Å².